The predicted molar refractivity (Wildman–Crippen MR) is 69.2 cm³/mol. The zero-order valence-electron chi connectivity index (χ0n) is 10.5. The highest BCUT2D eigenvalue weighted by Gasteiger charge is 2.25. The number of terminal acetylenes is 1. The Hall–Kier alpha value is -2.32. The molecule has 0 saturated carbocycles. The van der Waals surface area contributed by atoms with Crippen LogP contribution in [0.3, 0.4) is 0 Å². The fourth-order valence-corrected chi connectivity index (χ4v) is 1.59. The van der Waals surface area contributed by atoms with Gasteiger partial charge in [0.1, 0.15) is 6.04 Å². The number of amides is 1. The van der Waals surface area contributed by atoms with E-state index in [1.807, 2.05) is 6.07 Å². The first kappa shape index (κ1) is 14.7. The molecule has 0 aliphatic rings. The fourth-order valence-electron chi connectivity index (χ4n) is 1.59. The van der Waals surface area contributed by atoms with Crippen molar-refractivity contribution in [2.24, 2.45) is 0 Å². The van der Waals surface area contributed by atoms with Gasteiger partial charge in [-0.2, -0.15) is 0 Å². The van der Waals surface area contributed by atoms with Crippen LogP contribution < -0.4 is 5.32 Å². The molecule has 2 atom stereocenters. The Balaban J connectivity index is 2.80. The maximum Gasteiger partial charge on any atom is 0.327 e. The number of methoxy groups -OCH3 is 1. The van der Waals surface area contributed by atoms with Crippen molar-refractivity contribution in [2.75, 3.05) is 7.11 Å². The van der Waals surface area contributed by atoms with Crippen LogP contribution in [-0.2, 0) is 14.3 Å². The van der Waals surface area contributed by atoms with E-state index in [-0.39, 0.29) is 6.42 Å². The molecule has 0 unspecified atom stereocenters. The molecule has 0 radical (unpaired) electrons. The van der Waals surface area contributed by atoms with Gasteiger partial charge in [0.15, 0.2) is 6.10 Å². The van der Waals surface area contributed by atoms with Crippen molar-refractivity contribution < 1.29 is 19.4 Å². The monoisotopic (exact) mass is 261 g/mol. The summed E-state index contributed by atoms with van der Waals surface area (Å²) in [6.07, 6.45) is 4.13. The molecule has 0 heterocycles. The van der Waals surface area contributed by atoms with Crippen molar-refractivity contribution in [3.63, 3.8) is 0 Å². The standard InChI is InChI=1S/C14H15NO4/c1-3-7-11(14(17)18)15-13(16)12(19-2)10-8-5-4-6-9-10/h1,4-6,8-9,11-12H,7H2,2H3,(H,15,16)(H,17,18)/t11-,12-/m1/s1. The van der Waals surface area contributed by atoms with Crippen LogP contribution in [0.5, 0.6) is 0 Å². The summed E-state index contributed by atoms with van der Waals surface area (Å²) < 4.78 is 5.10. The molecule has 0 fully saturated rings. The minimum atomic E-state index is -1.17. The predicted octanol–water partition coefficient (Wildman–Crippen LogP) is 0.967. The second-order valence-electron chi connectivity index (χ2n) is 3.83. The lowest BCUT2D eigenvalue weighted by atomic mass is 10.1. The molecule has 0 aliphatic carbocycles. The van der Waals surface area contributed by atoms with E-state index >= 15 is 0 Å². The summed E-state index contributed by atoms with van der Waals surface area (Å²) in [6.45, 7) is 0. The molecule has 1 amide bonds. The van der Waals surface area contributed by atoms with Crippen molar-refractivity contribution in [3.8, 4) is 12.3 Å². The second kappa shape index (κ2) is 7.19. The normalized spacial score (nSPS) is 13.1. The van der Waals surface area contributed by atoms with E-state index in [0.717, 1.165) is 0 Å². The van der Waals surface area contributed by atoms with E-state index in [1.54, 1.807) is 24.3 Å². The maximum atomic E-state index is 12.0. The van der Waals surface area contributed by atoms with E-state index in [4.69, 9.17) is 16.3 Å². The third kappa shape index (κ3) is 4.12. The summed E-state index contributed by atoms with van der Waals surface area (Å²) >= 11 is 0. The number of hydrogen-bond donors (Lipinski definition) is 2. The quantitative estimate of drug-likeness (QED) is 0.748. The average molecular weight is 261 g/mol. The Morgan fingerprint density at radius 2 is 2.05 bits per heavy atom. The van der Waals surface area contributed by atoms with Crippen molar-refractivity contribution in [1.29, 1.82) is 0 Å². The molecule has 2 N–H and O–H groups in total. The number of hydrogen-bond acceptors (Lipinski definition) is 3. The molecule has 0 bridgehead atoms. The molecule has 100 valence electrons. The van der Waals surface area contributed by atoms with Gasteiger partial charge in [0.25, 0.3) is 5.91 Å². The smallest absolute Gasteiger partial charge is 0.327 e. The zero-order valence-corrected chi connectivity index (χ0v) is 10.5. The Morgan fingerprint density at radius 1 is 1.42 bits per heavy atom. The number of aliphatic carboxylic acids is 1. The van der Waals surface area contributed by atoms with E-state index in [2.05, 4.69) is 11.2 Å². The molecule has 5 nitrogen and oxygen atoms in total. The number of rotatable bonds is 6. The molecule has 5 heteroatoms. The molecule has 0 spiro atoms. The molecular weight excluding hydrogens is 246 g/mol. The fraction of sp³-hybridized carbons (Fsp3) is 0.286. The van der Waals surface area contributed by atoms with E-state index in [9.17, 15) is 9.59 Å². The largest absolute Gasteiger partial charge is 0.480 e. The van der Waals surface area contributed by atoms with Gasteiger partial charge in [-0.05, 0) is 5.56 Å². The van der Waals surface area contributed by atoms with Crippen LogP contribution >= 0.6 is 0 Å². The van der Waals surface area contributed by atoms with Crippen molar-refractivity contribution in [1.82, 2.24) is 5.32 Å². The summed E-state index contributed by atoms with van der Waals surface area (Å²) in [6, 6.07) is 7.69. The van der Waals surface area contributed by atoms with Crippen molar-refractivity contribution in [2.45, 2.75) is 18.6 Å². The van der Waals surface area contributed by atoms with Crippen molar-refractivity contribution in [3.05, 3.63) is 35.9 Å². The number of carbonyl (C=O) groups is 2. The van der Waals surface area contributed by atoms with Gasteiger partial charge in [0, 0.05) is 13.5 Å². The molecule has 19 heavy (non-hydrogen) atoms. The molecule has 1 aromatic rings. The van der Waals surface area contributed by atoms with Crippen molar-refractivity contribution >= 4 is 11.9 Å². The summed E-state index contributed by atoms with van der Waals surface area (Å²) in [5.41, 5.74) is 0.646. The molecule has 0 aliphatic heterocycles. The van der Waals surface area contributed by atoms with Crippen LogP contribution in [0.2, 0.25) is 0 Å². The first-order chi connectivity index (χ1) is 9.10. The van der Waals surface area contributed by atoms with Crippen LogP contribution in [0.25, 0.3) is 0 Å². The maximum absolute atomic E-state index is 12.0. The van der Waals surface area contributed by atoms with E-state index in [1.165, 1.54) is 7.11 Å². The first-order valence-electron chi connectivity index (χ1n) is 5.64. The third-order valence-corrected chi connectivity index (χ3v) is 2.51. The summed E-state index contributed by atoms with van der Waals surface area (Å²) in [5.74, 6) is 0.512. The highest BCUT2D eigenvalue weighted by Crippen LogP contribution is 2.16. The number of carboxylic acids is 1. The lowest BCUT2D eigenvalue weighted by Gasteiger charge is -2.18. The third-order valence-electron chi connectivity index (χ3n) is 2.51. The van der Waals surface area contributed by atoms with Gasteiger partial charge in [-0.25, -0.2) is 4.79 Å². The average Bonchev–Trinajstić information content (AvgIpc) is 2.40. The van der Waals surface area contributed by atoms with Crippen LogP contribution in [-0.4, -0.2) is 30.1 Å². The summed E-state index contributed by atoms with van der Waals surface area (Å²) in [5, 5.41) is 11.3. The topological polar surface area (TPSA) is 75.6 Å². The summed E-state index contributed by atoms with van der Waals surface area (Å²) in [7, 11) is 1.38. The van der Waals surface area contributed by atoms with Gasteiger partial charge < -0.3 is 15.2 Å². The molecule has 1 rings (SSSR count). The SMILES string of the molecule is C#CC[C@@H](NC(=O)[C@H](OC)c1ccccc1)C(=O)O. The minimum absolute atomic E-state index is 0.0771. The number of benzene rings is 1. The number of carboxylic acid groups (broad SMARTS) is 1. The van der Waals surface area contributed by atoms with Crippen LogP contribution in [0.1, 0.15) is 18.1 Å². The zero-order chi connectivity index (χ0) is 14.3. The first-order valence-corrected chi connectivity index (χ1v) is 5.64. The van der Waals surface area contributed by atoms with Gasteiger partial charge in [-0.15, -0.1) is 12.3 Å². The van der Waals surface area contributed by atoms with Gasteiger partial charge >= 0.3 is 5.97 Å². The van der Waals surface area contributed by atoms with E-state index in [0.29, 0.717) is 5.56 Å². The second-order valence-corrected chi connectivity index (χ2v) is 3.83. The molecule has 1 aromatic carbocycles. The summed E-state index contributed by atoms with van der Waals surface area (Å²) in [4.78, 5) is 22.9. The minimum Gasteiger partial charge on any atom is -0.480 e. The Morgan fingerprint density at radius 3 is 2.53 bits per heavy atom. The van der Waals surface area contributed by atoms with Crippen LogP contribution in [0.15, 0.2) is 30.3 Å². The van der Waals surface area contributed by atoms with Gasteiger partial charge in [-0.3, -0.25) is 4.79 Å². The van der Waals surface area contributed by atoms with Crippen LogP contribution in [0, 0.1) is 12.3 Å². The number of ether oxygens (including phenoxy) is 1. The highest BCUT2D eigenvalue weighted by atomic mass is 16.5. The van der Waals surface area contributed by atoms with Crippen LogP contribution in [0.4, 0.5) is 0 Å². The van der Waals surface area contributed by atoms with Gasteiger partial charge in [0.2, 0.25) is 0 Å². The van der Waals surface area contributed by atoms with Gasteiger partial charge in [-0.1, -0.05) is 30.3 Å². The van der Waals surface area contributed by atoms with Gasteiger partial charge in [0.05, 0.1) is 0 Å². The Labute approximate surface area is 111 Å². The molecular formula is C14H15NO4. The Bertz CT molecular complexity index is 478. The van der Waals surface area contributed by atoms with E-state index < -0.39 is 24.0 Å². The lowest BCUT2D eigenvalue weighted by molar-refractivity contribution is -0.143. The Kier molecular flexibility index (Phi) is 5.58. The number of nitrogens with one attached hydrogen (secondary N) is 1. The molecule has 0 saturated heterocycles. The lowest BCUT2D eigenvalue weighted by Crippen LogP contribution is -2.43. The molecule has 0 aromatic heterocycles. The number of carbonyl (C=O) groups excluding carboxylic acids is 1. The highest BCUT2D eigenvalue weighted by molar-refractivity contribution is 5.87.